The summed E-state index contributed by atoms with van der Waals surface area (Å²) in [4.78, 5) is 25.2. The first-order chi connectivity index (χ1) is 8.63. The molecule has 0 aromatic rings. The minimum absolute atomic E-state index is 0.0514. The summed E-state index contributed by atoms with van der Waals surface area (Å²) in [6, 6.07) is -0.612. The zero-order chi connectivity index (χ0) is 13.1. The van der Waals surface area contributed by atoms with Crippen LogP contribution in [0, 0.1) is 5.92 Å². The molecular weight excluding hydrogens is 250 g/mol. The molecule has 1 saturated heterocycles. The SMILES string of the molecule is CCCC1SCC(C(=O)O)N1C(=O)CC1CCC1. The fourth-order valence-corrected chi connectivity index (χ4v) is 4.14. The summed E-state index contributed by atoms with van der Waals surface area (Å²) in [6.07, 6.45) is 5.89. The van der Waals surface area contributed by atoms with Crippen LogP contribution in [0.25, 0.3) is 0 Å². The zero-order valence-corrected chi connectivity index (χ0v) is 11.6. The molecule has 18 heavy (non-hydrogen) atoms. The lowest BCUT2D eigenvalue weighted by Gasteiger charge is -2.31. The first-order valence-corrected chi connectivity index (χ1v) is 7.84. The minimum atomic E-state index is -0.858. The van der Waals surface area contributed by atoms with Gasteiger partial charge in [-0.25, -0.2) is 4.79 Å². The Morgan fingerprint density at radius 2 is 2.11 bits per heavy atom. The van der Waals surface area contributed by atoms with Gasteiger partial charge in [-0.15, -0.1) is 11.8 Å². The molecule has 4 nitrogen and oxygen atoms in total. The van der Waals surface area contributed by atoms with Crippen molar-refractivity contribution in [1.82, 2.24) is 4.90 Å². The largest absolute Gasteiger partial charge is 0.480 e. The molecule has 1 aliphatic carbocycles. The van der Waals surface area contributed by atoms with Crippen molar-refractivity contribution in [3.63, 3.8) is 0 Å². The monoisotopic (exact) mass is 271 g/mol. The Morgan fingerprint density at radius 1 is 1.39 bits per heavy atom. The molecule has 0 aromatic carbocycles. The van der Waals surface area contributed by atoms with Crippen LogP contribution in [0.1, 0.15) is 45.4 Å². The van der Waals surface area contributed by atoms with Crippen molar-refractivity contribution in [1.29, 1.82) is 0 Å². The Kier molecular flexibility index (Phi) is 4.54. The van der Waals surface area contributed by atoms with Crippen LogP contribution >= 0.6 is 11.8 Å². The second kappa shape index (κ2) is 5.95. The van der Waals surface area contributed by atoms with E-state index in [2.05, 4.69) is 6.92 Å². The highest BCUT2D eigenvalue weighted by Crippen LogP contribution is 2.36. The van der Waals surface area contributed by atoms with Crippen LogP contribution in [0.5, 0.6) is 0 Å². The second-order valence-corrected chi connectivity index (χ2v) is 6.44. The van der Waals surface area contributed by atoms with Crippen LogP contribution in [0.15, 0.2) is 0 Å². The highest BCUT2D eigenvalue weighted by molar-refractivity contribution is 8.00. The fraction of sp³-hybridized carbons (Fsp3) is 0.846. The van der Waals surface area contributed by atoms with Gasteiger partial charge in [0.15, 0.2) is 0 Å². The highest BCUT2D eigenvalue weighted by Gasteiger charge is 2.41. The third-order valence-electron chi connectivity index (χ3n) is 3.89. The summed E-state index contributed by atoms with van der Waals surface area (Å²) in [5.74, 6) is 0.231. The Labute approximate surface area is 112 Å². The number of carbonyl (C=O) groups excluding carboxylic acids is 1. The summed E-state index contributed by atoms with van der Waals surface area (Å²) < 4.78 is 0. The van der Waals surface area contributed by atoms with Crippen LogP contribution in [0.2, 0.25) is 0 Å². The van der Waals surface area contributed by atoms with Gasteiger partial charge in [0.05, 0.1) is 5.37 Å². The van der Waals surface area contributed by atoms with Crippen LogP contribution < -0.4 is 0 Å². The zero-order valence-electron chi connectivity index (χ0n) is 10.8. The lowest BCUT2D eigenvalue weighted by Crippen LogP contribution is -2.46. The first kappa shape index (κ1) is 13.7. The van der Waals surface area contributed by atoms with Crippen molar-refractivity contribution >= 4 is 23.6 Å². The van der Waals surface area contributed by atoms with Crippen molar-refractivity contribution in [3.05, 3.63) is 0 Å². The molecule has 0 radical (unpaired) electrons. The topological polar surface area (TPSA) is 57.6 Å². The number of rotatable bonds is 5. The quantitative estimate of drug-likeness (QED) is 0.834. The van der Waals surface area contributed by atoms with E-state index in [4.69, 9.17) is 0 Å². The van der Waals surface area contributed by atoms with Gasteiger partial charge in [-0.05, 0) is 25.2 Å². The maximum atomic E-state index is 12.3. The van der Waals surface area contributed by atoms with Crippen molar-refractivity contribution in [2.75, 3.05) is 5.75 Å². The normalized spacial score (nSPS) is 28.2. The van der Waals surface area contributed by atoms with Gasteiger partial charge in [-0.2, -0.15) is 0 Å². The summed E-state index contributed by atoms with van der Waals surface area (Å²) in [7, 11) is 0. The predicted molar refractivity (Wildman–Crippen MR) is 71.4 cm³/mol. The van der Waals surface area contributed by atoms with E-state index in [9.17, 15) is 14.7 Å². The Morgan fingerprint density at radius 3 is 2.61 bits per heavy atom. The summed E-state index contributed by atoms with van der Waals surface area (Å²) in [5, 5.41) is 9.29. The average Bonchev–Trinajstić information content (AvgIpc) is 2.67. The van der Waals surface area contributed by atoms with Crippen molar-refractivity contribution in [2.24, 2.45) is 5.92 Å². The predicted octanol–water partition coefficient (Wildman–Crippen LogP) is 2.33. The molecule has 0 bridgehead atoms. The van der Waals surface area contributed by atoms with Gasteiger partial charge in [0.25, 0.3) is 0 Å². The van der Waals surface area contributed by atoms with E-state index in [0.29, 0.717) is 18.1 Å². The molecule has 2 rings (SSSR count). The molecule has 0 aromatic heterocycles. The Balaban J connectivity index is 2.01. The number of amides is 1. The summed E-state index contributed by atoms with van der Waals surface area (Å²) >= 11 is 1.62. The number of carboxylic acid groups (broad SMARTS) is 1. The smallest absolute Gasteiger partial charge is 0.327 e. The molecule has 5 heteroatoms. The summed E-state index contributed by atoms with van der Waals surface area (Å²) in [6.45, 7) is 2.07. The molecule has 1 saturated carbocycles. The number of aliphatic carboxylic acids is 1. The van der Waals surface area contributed by atoms with E-state index in [1.165, 1.54) is 6.42 Å². The molecule has 1 aliphatic heterocycles. The van der Waals surface area contributed by atoms with Gasteiger partial charge in [0.2, 0.25) is 5.91 Å². The van der Waals surface area contributed by atoms with Gasteiger partial charge in [0, 0.05) is 12.2 Å². The van der Waals surface area contributed by atoms with Crippen LogP contribution in [0.3, 0.4) is 0 Å². The molecule has 0 spiro atoms. The van der Waals surface area contributed by atoms with Crippen molar-refractivity contribution in [3.8, 4) is 0 Å². The Bertz CT molecular complexity index is 330. The van der Waals surface area contributed by atoms with E-state index in [1.54, 1.807) is 16.7 Å². The van der Waals surface area contributed by atoms with Gasteiger partial charge in [0.1, 0.15) is 6.04 Å². The van der Waals surface area contributed by atoms with E-state index >= 15 is 0 Å². The molecule has 2 aliphatic rings. The fourth-order valence-electron chi connectivity index (χ4n) is 2.61. The molecule has 1 N–H and O–H groups in total. The number of thioether (sulfide) groups is 1. The van der Waals surface area contributed by atoms with E-state index < -0.39 is 12.0 Å². The third kappa shape index (κ3) is 2.82. The van der Waals surface area contributed by atoms with E-state index in [-0.39, 0.29) is 11.3 Å². The van der Waals surface area contributed by atoms with Gasteiger partial charge in [-0.1, -0.05) is 19.8 Å². The van der Waals surface area contributed by atoms with Gasteiger partial charge < -0.3 is 10.0 Å². The van der Waals surface area contributed by atoms with Crippen LogP contribution in [-0.2, 0) is 9.59 Å². The molecular formula is C13H21NO3S. The maximum absolute atomic E-state index is 12.3. The lowest BCUT2D eigenvalue weighted by atomic mass is 9.82. The molecule has 1 heterocycles. The first-order valence-electron chi connectivity index (χ1n) is 6.79. The summed E-state index contributed by atoms with van der Waals surface area (Å²) in [5.41, 5.74) is 0. The molecule has 2 atom stereocenters. The standard InChI is InChI=1S/C13H21NO3S/c1-2-4-12-14(10(8-18-12)13(16)17)11(15)7-9-5-3-6-9/h9-10,12H,2-8H2,1H3,(H,16,17). The average molecular weight is 271 g/mol. The minimum Gasteiger partial charge on any atom is -0.480 e. The van der Waals surface area contributed by atoms with Crippen LogP contribution in [0.4, 0.5) is 0 Å². The van der Waals surface area contributed by atoms with Gasteiger partial charge in [-0.3, -0.25) is 4.79 Å². The van der Waals surface area contributed by atoms with Crippen LogP contribution in [-0.4, -0.2) is 39.1 Å². The van der Waals surface area contributed by atoms with Gasteiger partial charge >= 0.3 is 5.97 Å². The second-order valence-electron chi connectivity index (χ2n) is 5.23. The molecule has 2 fully saturated rings. The van der Waals surface area contributed by atoms with Crippen molar-refractivity contribution in [2.45, 2.75) is 56.9 Å². The number of hydrogen-bond donors (Lipinski definition) is 1. The van der Waals surface area contributed by atoms with E-state index in [0.717, 1.165) is 25.7 Å². The highest BCUT2D eigenvalue weighted by atomic mass is 32.2. The molecule has 2 unspecified atom stereocenters. The third-order valence-corrected chi connectivity index (χ3v) is 5.25. The van der Waals surface area contributed by atoms with E-state index in [1.807, 2.05) is 0 Å². The number of carbonyl (C=O) groups is 2. The Hall–Kier alpha value is -0.710. The molecule has 102 valence electrons. The molecule has 1 amide bonds. The number of hydrogen-bond acceptors (Lipinski definition) is 3. The maximum Gasteiger partial charge on any atom is 0.327 e. The van der Waals surface area contributed by atoms with Crippen molar-refractivity contribution < 1.29 is 14.7 Å². The number of nitrogens with zero attached hydrogens (tertiary/aromatic N) is 1. The lowest BCUT2D eigenvalue weighted by molar-refractivity contribution is -0.149. The number of carboxylic acids is 1.